The number of rotatable bonds is 6. The van der Waals surface area contributed by atoms with Crippen LogP contribution in [-0.4, -0.2) is 6.54 Å². The highest BCUT2D eigenvalue weighted by atomic mass is 16.3. The van der Waals surface area contributed by atoms with Crippen LogP contribution in [-0.2, 0) is 13.0 Å². The zero-order chi connectivity index (χ0) is 13.0. The summed E-state index contributed by atoms with van der Waals surface area (Å²) in [6.45, 7) is 8.57. The average Bonchev–Trinajstić information content (AvgIpc) is 2.68. The second kappa shape index (κ2) is 6.05. The van der Waals surface area contributed by atoms with Crippen molar-refractivity contribution in [2.45, 2.75) is 40.2 Å². The molecule has 0 saturated heterocycles. The molecule has 0 radical (unpaired) electrons. The first-order valence-electron chi connectivity index (χ1n) is 6.92. The van der Waals surface area contributed by atoms with Gasteiger partial charge in [0.1, 0.15) is 11.3 Å². The van der Waals surface area contributed by atoms with Crippen LogP contribution in [0.25, 0.3) is 11.0 Å². The van der Waals surface area contributed by atoms with Gasteiger partial charge in [-0.1, -0.05) is 39.0 Å². The lowest BCUT2D eigenvalue weighted by Gasteiger charge is -2.06. The van der Waals surface area contributed by atoms with Crippen molar-refractivity contribution >= 4 is 11.0 Å². The van der Waals surface area contributed by atoms with Gasteiger partial charge in [-0.25, -0.2) is 0 Å². The number of furan rings is 1. The van der Waals surface area contributed by atoms with Crippen LogP contribution in [0.1, 0.15) is 38.5 Å². The smallest absolute Gasteiger partial charge is 0.134 e. The molecular formula is C16H23NO. The Morgan fingerprint density at radius 3 is 2.72 bits per heavy atom. The fourth-order valence-electron chi connectivity index (χ4n) is 2.30. The summed E-state index contributed by atoms with van der Waals surface area (Å²) in [5.41, 5.74) is 2.39. The topological polar surface area (TPSA) is 25.2 Å². The highest BCUT2D eigenvalue weighted by Gasteiger charge is 2.14. The third-order valence-corrected chi connectivity index (χ3v) is 3.11. The lowest BCUT2D eigenvalue weighted by molar-refractivity contribution is 0.501. The van der Waals surface area contributed by atoms with Gasteiger partial charge in [-0.15, -0.1) is 0 Å². The summed E-state index contributed by atoms with van der Waals surface area (Å²) in [5.74, 6) is 1.76. The third-order valence-electron chi connectivity index (χ3n) is 3.11. The van der Waals surface area contributed by atoms with Gasteiger partial charge in [0.2, 0.25) is 0 Å². The predicted molar refractivity (Wildman–Crippen MR) is 76.8 cm³/mol. The van der Waals surface area contributed by atoms with Crippen LogP contribution < -0.4 is 5.32 Å². The van der Waals surface area contributed by atoms with Crippen molar-refractivity contribution in [2.24, 2.45) is 5.92 Å². The molecule has 1 aromatic heterocycles. The molecule has 2 nitrogen and oxygen atoms in total. The fraction of sp³-hybridized carbons (Fsp3) is 0.500. The van der Waals surface area contributed by atoms with E-state index in [-0.39, 0.29) is 0 Å². The number of para-hydroxylation sites is 1. The van der Waals surface area contributed by atoms with Gasteiger partial charge in [-0.3, -0.25) is 0 Å². The molecule has 98 valence electrons. The molecule has 0 aliphatic carbocycles. The lowest BCUT2D eigenvalue weighted by Crippen LogP contribution is -2.14. The lowest BCUT2D eigenvalue weighted by atomic mass is 10.00. The normalized spacial score (nSPS) is 11.6. The van der Waals surface area contributed by atoms with Crippen molar-refractivity contribution < 1.29 is 4.42 Å². The molecule has 0 aliphatic rings. The van der Waals surface area contributed by atoms with Crippen molar-refractivity contribution in [3.05, 3.63) is 35.6 Å². The van der Waals surface area contributed by atoms with Gasteiger partial charge in [0.25, 0.3) is 0 Å². The van der Waals surface area contributed by atoms with Crippen molar-refractivity contribution in [1.82, 2.24) is 5.32 Å². The third kappa shape index (κ3) is 2.94. The van der Waals surface area contributed by atoms with Gasteiger partial charge in [0.15, 0.2) is 0 Å². The molecule has 0 atom stereocenters. The van der Waals surface area contributed by atoms with E-state index in [1.54, 1.807) is 0 Å². The van der Waals surface area contributed by atoms with E-state index in [1.165, 1.54) is 10.9 Å². The molecular weight excluding hydrogens is 222 g/mol. The van der Waals surface area contributed by atoms with Crippen molar-refractivity contribution in [1.29, 1.82) is 0 Å². The number of hydrogen-bond acceptors (Lipinski definition) is 2. The number of benzene rings is 1. The minimum atomic E-state index is 0.649. The van der Waals surface area contributed by atoms with E-state index in [2.05, 4.69) is 44.3 Å². The van der Waals surface area contributed by atoms with Gasteiger partial charge in [0, 0.05) is 10.9 Å². The van der Waals surface area contributed by atoms with Crippen LogP contribution in [0.4, 0.5) is 0 Å². The van der Waals surface area contributed by atoms with Crippen molar-refractivity contribution in [3.63, 3.8) is 0 Å². The summed E-state index contributed by atoms with van der Waals surface area (Å²) >= 11 is 0. The molecule has 0 amide bonds. The van der Waals surface area contributed by atoms with E-state index in [1.807, 2.05) is 6.07 Å². The van der Waals surface area contributed by atoms with Gasteiger partial charge in [-0.05, 0) is 31.4 Å². The maximum atomic E-state index is 5.98. The molecule has 1 N–H and O–H groups in total. The second-order valence-corrected chi connectivity index (χ2v) is 5.27. The second-order valence-electron chi connectivity index (χ2n) is 5.27. The van der Waals surface area contributed by atoms with E-state index in [4.69, 9.17) is 4.42 Å². The Morgan fingerprint density at radius 1 is 1.22 bits per heavy atom. The molecule has 2 aromatic rings. The van der Waals surface area contributed by atoms with Crippen LogP contribution in [0, 0.1) is 5.92 Å². The Hall–Kier alpha value is -1.28. The van der Waals surface area contributed by atoms with Gasteiger partial charge in [-0.2, -0.15) is 0 Å². The van der Waals surface area contributed by atoms with Gasteiger partial charge >= 0.3 is 0 Å². The van der Waals surface area contributed by atoms with E-state index in [0.717, 1.165) is 37.3 Å². The SMILES string of the molecule is CCCNCc1oc2ccccc2c1CC(C)C. The Kier molecular flexibility index (Phi) is 4.43. The summed E-state index contributed by atoms with van der Waals surface area (Å²) in [6.07, 6.45) is 2.24. The highest BCUT2D eigenvalue weighted by molar-refractivity contribution is 5.82. The zero-order valence-electron chi connectivity index (χ0n) is 11.6. The summed E-state index contributed by atoms with van der Waals surface area (Å²) < 4.78 is 5.98. The average molecular weight is 245 g/mol. The van der Waals surface area contributed by atoms with Crippen LogP contribution >= 0.6 is 0 Å². The maximum Gasteiger partial charge on any atom is 0.134 e. The molecule has 1 aromatic carbocycles. The Bertz CT molecular complexity index is 499. The molecule has 0 fully saturated rings. The van der Waals surface area contributed by atoms with E-state index >= 15 is 0 Å². The quantitative estimate of drug-likeness (QED) is 0.774. The number of hydrogen-bond donors (Lipinski definition) is 1. The van der Waals surface area contributed by atoms with Crippen LogP contribution in [0.15, 0.2) is 28.7 Å². The van der Waals surface area contributed by atoms with Crippen LogP contribution in [0.2, 0.25) is 0 Å². The summed E-state index contributed by atoms with van der Waals surface area (Å²) in [4.78, 5) is 0. The molecule has 0 spiro atoms. The molecule has 0 saturated carbocycles. The molecule has 2 rings (SSSR count). The van der Waals surface area contributed by atoms with Crippen LogP contribution in [0.3, 0.4) is 0 Å². The van der Waals surface area contributed by atoms with E-state index in [9.17, 15) is 0 Å². The van der Waals surface area contributed by atoms with E-state index in [0.29, 0.717) is 5.92 Å². The first-order valence-corrected chi connectivity index (χ1v) is 6.92. The molecule has 0 bridgehead atoms. The van der Waals surface area contributed by atoms with Crippen molar-refractivity contribution in [2.75, 3.05) is 6.54 Å². The summed E-state index contributed by atoms with van der Waals surface area (Å²) in [7, 11) is 0. The maximum absolute atomic E-state index is 5.98. The minimum Gasteiger partial charge on any atom is -0.459 e. The number of fused-ring (bicyclic) bond motifs is 1. The fourth-order valence-corrected chi connectivity index (χ4v) is 2.30. The highest BCUT2D eigenvalue weighted by Crippen LogP contribution is 2.28. The Balaban J connectivity index is 2.30. The van der Waals surface area contributed by atoms with E-state index < -0.39 is 0 Å². The monoisotopic (exact) mass is 245 g/mol. The zero-order valence-corrected chi connectivity index (χ0v) is 11.6. The number of nitrogens with one attached hydrogen (secondary N) is 1. The summed E-state index contributed by atoms with van der Waals surface area (Å²) in [6, 6.07) is 8.35. The van der Waals surface area contributed by atoms with Crippen LogP contribution in [0.5, 0.6) is 0 Å². The molecule has 2 heteroatoms. The van der Waals surface area contributed by atoms with Gasteiger partial charge in [0.05, 0.1) is 6.54 Å². The van der Waals surface area contributed by atoms with Crippen molar-refractivity contribution in [3.8, 4) is 0 Å². The first-order chi connectivity index (χ1) is 8.72. The molecule has 0 aliphatic heterocycles. The predicted octanol–water partition coefficient (Wildman–Crippen LogP) is 4.13. The minimum absolute atomic E-state index is 0.649. The molecule has 18 heavy (non-hydrogen) atoms. The molecule has 1 heterocycles. The standard InChI is InChI=1S/C16H23NO/c1-4-9-17-11-16-14(10-12(2)3)13-7-5-6-8-15(13)18-16/h5-8,12,17H,4,9-11H2,1-3H3. The Labute approximate surface area is 109 Å². The largest absolute Gasteiger partial charge is 0.459 e. The Morgan fingerprint density at radius 2 is 2.00 bits per heavy atom. The first kappa shape index (κ1) is 13.2. The van der Waals surface area contributed by atoms with Gasteiger partial charge < -0.3 is 9.73 Å². The molecule has 0 unspecified atom stereocenters. The summed E-state index contributed by atoms with van der Waals surface area (Å²) in [5, 5.41) is 4.71.